The maximum Gasteiger partial charge on any atom is 0.323 e. The van der Waals surface area contributed by atoms with Crippen LogP contribution in [0, 0.1) is 0 Å². The van der Waals surface area contributed by atoms with Gasteiger partial charge in [0.15, 0.2) is 0 Å². The molecular weight excluding hydrogens is 290 g/mol. The van der Waals surface area contributed by atoms with Crippen LogP contribution < -0.4 is 4.74 Å². The minimum atomic E-state index is -0.118. The first kappa shape index (κ1) is 16.1. The van der Waals surface area contributed by atoms with E-state index in [0.717, 1.165) is 38.1 Å². The van der Waals surface area contributed by atoms with E-state index < -0.39 is 0 Å². The lowest BCUT2D eigenvalue weighted by atomic mass is 10.0. The number of carbonyl (C=O) groups is 1. The van der Waals surface area contributed by atoms with Gasteiger partial charge in [0.25, 0.3) is 0 Å². The number of carbonyl (C=O) groups excluding carboxylic acids is 1. The van der Waals surface area contributed by atoms with Crippen molar-refractivity contribution < 1.29 is 14.3 Å². The van der Waals surface area contributed by atoms with Crippen molar-refractivity contribution in [2.45, 2.75) is 32.2 Å². The molecule has 1 aliphatic rings. The first-order chi connectivity index (χ1) is 10.2. The molecule has 1 heterocycles. The van der Waals surface area contributed by atoms with Crippen LogP contribution in [0.15, 0.2) is 24.3 Å². The minimum Gasteiger partial charge on any atom is -0.492 e. The molecule has 0 aromatic heterocycles. The molecule has 5 heteroatoms. The number of rotatable bonds is 6. The highest BCUT2D eigenvalue weighted by atomic mass is 35.5. The monoisotopic (exact) mass is 311 g/mol. The normalized spacial score (nSPS) is 19.2. The van der Waals surface area contributed by atoms with Crippen LogP contribution >= 0.6 is 11.6 Å². The first-order valence-electron chi connectivity index (χ1n) is 7.49. The minimum absolute atomic E-state index is 0.108. The van der Waals surface area contributed by atoms with Crippen LogP contribution in [-0.4, -0.2) is 43.2 Å². The van der Waals surface area contributed by atoms with Gasteiger partial charge in [-0.3, -0.25) is 9.69 Å². The van der Waals surface area contributed by atoms with Gasteiger partial charge >= 0.3 is 5.97 Å². The predicted molar refractivity (Wildman–Crippen MR) is 82.8 cm³/mol. The zero-order chi connectivity index (χ0) is 15.1. The van der Waals surface area contributed by atoms with Crippen molar-refractivity contribution in [1.29, 1.82) is 0 Å². The van der Waals surface area contributed by atoms with Gasteiger partial charge in [0.2, 0.25) is 0 Å². The van der Waals surface area contributed by atoms with Gasteiger partial charge in [-0.2, -0.15) is 0 Å². The summed E-state index contributed by atoms with van der Waals surface area (Å²) < 4.78 is 10.9. The van der Waals surface area contributed by atoms with Gasteiger partial charge < -0.3 is 9.47 Å². The zero-order valence-corrected chi connectivity index (χ0v) is 13.1. The smallest absolute Gasteiger partial charge is 0.323 e. The fraction of sp³-hybridized carbons (Fsp3) is 0.562. The molecule has 1 aliphatic heterocycles. The average molecular weight is 312 g/mol. The second kappa shape index (κ2) is 8.25. The fourth-order valence-electron chi connectivity index (χ4n) is 2.58. The SMILES string of the molecule is CCOC(=O)C1CCCCN1CCOc1ccc(Cl)cc1. The summed E-state index contributed by atoms with van der Waals surface area (Å²) >= 11 is 5.84. The summed E-state index contributed by atoms with van der Waals surface area (Å²) in [5.41, 5.74) is 0. The van der Waals surface area contributed by atoms with Gasteiger partial charge in [-0.1, -0.05) is 18.0 Å². The Morgan fingerprint density at radius 2 is 2.10 bits per heavy atom. The summed E-state index contributed by atoms with van der Waals surface area (Å²) in [6.45, 7) is 4.48. The third-order valence-electron chi connectivity index (χ3n) is 3.63. The second-order valence-electron chi connectivity index (χ2n) is 5.10. The molecule has 0 saturated carbocycles. The summed E-state index contributed by atoms with van der Waals surface area (Å²) in [6, 6.07) is 7.19. The van der Waals surface area contributed by atoms with Gasteiger partial charge in [0.1, 0.15) is 18.4 Å². The van der Waals surface area contributed by atoms with E-state index in [4.69, 9.17) is 21.1 Å². The summed E-state index contributed by atoms with van der Waals surface area (Å²) in [5, 5.41) is 0.695. The van der Waals surface area contributed by atoms with Crippen LogP contribution in [0.3, 0.4) is 0 Å². The van der Waals surface area contributed by atoms with E-state index in [1.54, 1.807) is 12.1 Å². The van der Waals surface area contributed by atoms with E-state index in [1.165, 1.54) is 0 Å². The van der Waals surface area contributed by atoms with Gasteiger partial charge in [0, 0.05) is 11.6 Å². The molecule has 1 aromatic rings. The van der Waals surface area contributed by atoms with Crippen LogP contribution in [0.1, 0.15) is 26.2 Å². The fourth-order valence-corrected chi connectivity index (χ4v) is 2.70. The Balaban J connectivity index is 1.82. The summed E-state index contributed by atoms with van der Waals surface area (Å²) in [4.78, 5) is 14.1. The third-order valence-corrected chi connectivity index (χ3v) is 3.89. The molecule has 0 amide bonds. The van der Waals surface area contributed by atoms with Crippen LogP contribution in [0.2, 0.25) is 5.02 Å². The van der Waals surface area contributed by atoms with Crippen LogP contribution in [0.5, 0.6) is 5.75 Å². The van der Waals surface area contributed by atoms with Crippen molar-refractivity contribution in [3.63, 3.8) is 0 Å². The molecule has 0 N–H and O–H groups in total. The van der Waals surface area contributed by atoms with Crippen LogP contribution in [-0.2, 0) is 9.53 Å². The van der Waals surface area contributed by atoms with Gasteiger partial charge in [-0.05, 0) is 50.6 Å². The van der Waals surface area contributed by atoms with Crippen LogP contribution in [0.4, 0.5) is 0 Å². The van der Waals surface area contributed by atoms with Gasteiger partial charge in [-0.15, -0.1) is 0 Å². The lowest BCUT2D eigenvalue weighted by Gasteiger charge is -2.33. The quantitative estimate of drug-likeness (QED) is 0.757. The Kier molecular flexibility index (Phi) is 6.33. The molecule has 116 valence electrons. The van der Waals surface area contributed by atoms with Crippen molar-refractivity contribution in [3.05, 3.63) is 29.3 Å². The van der Waals surface area contributed by atoms with Crippen molar-refractivity contribution in [2.24, 2.45) is 0 Å². The number of ether oxygens (including phenoxy) is 2. The molecule has 21 heavy (non-hydrogen) atoms. The Morgan fingerprint density at radius 1 is 1.33 bits per heavy atom. The Hall–Kier alpha value is -1.26. The highest BCUT2D eigenvalue weighted by Crippen LogP contribution is 2.19. The molecular formula is C16H22ClNO3. The molecule has 4 nitrogen and oxygen atoms in total. The van der Waals surface area contributed by atoms with E-state index in [1.807, 2.05) is 19.1 Å². The number of piperidine rings is 1. The van der Waals surface area contributed by atoms with Crippen molar-refractivity contribution in [3.8, 4) is 5.75 Å². The molecule has 1 aromatic carbocycles. The van der Waals surface area contributed by atoms with E-state index in [0.29, 0.717) is 18.2 Å². The Bertz CT molecular complexity index is 449. The first-order valence-corrected chi connectivity index (χ1v) is 7.87. The molecule has 1 fully saturated rings. The molecule has 0 spiro atoms. The second-order valence-corrected chi connectivity index (χ2v) is 5.54. The summed E-state index contributed by atoms with van der Waals surface area (Å²) in [7, 11) is 0. The maximum atomic E-state index is 12.0. The summed E-state index contributed by atoms with van der Waals surface area (Å²) in [5.74, 6) is 0.688. The summed E-state index contributed by atoms with van der Waals surface area (Å²) in [6.07, 6.45) is 3.08. The van der Waals surface area contributed by atoms with E-state index in [-0.39, 0.29) is 12.0 Å². The van der Waals surface area contributed by atoms with Gasteiger partial charge in [0.05, 0.1) is 6.61 Å². The molecule has 1 saturated heterocycles. The number of benzene rings is 1. The Labute approximate surface area is 131 Å². The maximum absolute atomic E-state index is 12.0. The average Bonchev–Trinajstić information content (AvgIpc) is 2.50. The molecule has 1 atom stereocenters. The van der Waals surface area contributed by atoms with Crippen molar-refractivity contribution >= 4 is 17.6 Å². The van der Waals surface area contributed by atoms with Gasteiger partial charge in [-0.25, -0.2) is 0 Å². The number of hydrogen-bond donors (Lipinski definition) is 0. The number of halogens is 1. The van der Waals surface area contributed by atoms with E-state index in [9.17, 15) is 4.79 Å². The topological polar surface area (TPSA) is 38.8 Å². The standard InChI is InChI=1S/C16H22ClNO3/c1-2-20-16(19)15-5-3-4-10-18(15)11-12-21-14-8-6-13(17)7-9-14/h6-9,15H,2-5,10-12H2,1H3. The lowest BCUT2D eigenvalue weighted by Crippen LogP contribution is -2.47. The Morgan fingerprint density at radius 3 is 2.81 bits per heavy atom. The number of esters is 1. The third kappa shape index (κ3) is 4.90. The molecule has 2 rings (SSSR count). The number of nitrogens with zero attached hydrogens (tertiary/aromatic N) is 1. The highest BCUT2D eigenvalue weighted by molar-refractivity contribution is 6.30. The lowest BCUT2D eigenvalue weighted by molar-refractivity contribution is -0.151. The number of hydrogen-bond acceptors (Lipinski definition) is 4. The molecule has 0 aliphatic carbocycles. The van der Waals surface area contributed by atoms with Crippen molar-refractivity contribution in [1.82, 2.24) is 4.90 Å². The van der Waals surface area contributed by atoms with E-state index >= 15 is 0 Å². The van der Waals surface area contributed by atoms with E-state index in [2.05, 4.69) is 4.90 Å². The number of likely N-dealkylation sites (tertiary alicyclic amines) is 1. The predicted octanol–water partition coefficient (Wildman–Crippen LogP) is 3.14. The molecule has 0 bridgehead atoms. The molecule has 1 unspecified atom stereocenters. The van der Waals surface area contributed by atoms with Crippen LogP contribution in [0.25, 0.3) is 0 Å². The zero-order valence-electron chi connectivity index (χ0n) is 12.4. The molecule has 0 radical (unpaired) electrons. The largest absolute Gasteiger partial charge is 0.492 e. The highest BCUT2D eigenvalue weighted by Gasteiger charge is 2.29. The van der Waals surface area contributed by atoms with Crippen molar-refractivity contribution in [2.75, 3.05) is 26.3 Å².